The topological polar surface area (TPSA) is 26.3 Å². The number of hydrogen-bond acceptors (Lipinski definition) is 2. The van der Waals surface area contributed by atoms with Crippen LogP contribution in [0.15, 0.2) is 0 Å². The van der Waals surface area contributed by atoms with Crippen LogP contribution in [0.1, 0.15) is 71.6 Å². The molecule has 5 rings (SSSR count). The Balaban J connectivity index is 1.48. The van der Waals surface area contributed by atoms with E-state index in [2.05, 4.69) is 13.8 Å². The fraction of sp³-hybridized carbons (Fsp3) is 0.952. The average Bonchev–Trinajstić information content (AvgIpc) is 3.06. The van der Waals surface area contributed by atoms with Gasteiger partial charge < -0.3 is 4.74 Å². The first-order chi connectivity index (χ1) is 11.1. The molecule has 128 valence electrons. The molecule has 2 heteroatoms. The molecule has 0 unspecified atom stereocenters. The Hall–Kier alpha value is -0.530. The van der Waals surface area contributed by atoms with Crippen molar-refractivity contribution in [2.45, 2.75) is 71.6 Å². The lowest BCUT2D eigenvalue weighted by Crippen LogP contribution is -2.54. The summed E-state index contributed by atoms with van der Waals surface area (Å²) in [6.07, 6.45) is 12.1. The van der Waals surface area contributed by atoms with Crippen LogP contribution in [0.5, 0.6) is 0 Å². The molecule has 5 fully saturated rings. The predicted octanol–water partition coefficient (Wildman–Crippen LogP) is 4.82. The molecule has 0 bridgehead atoms. The van der Waals surface area contributed by atoms with Gasteiger partial charge in [-0.15, -0.1) is 0 Å². The van der Waals surface area contributed by atoms with E-state index < -0.39 is 0 Å². The third-order valence-electron chi connectivity index (χ3n) is 9.41. The maximum absolute atomic E-state index is 12.7. The van der Waals surface area contributed by atoms with Crippen LogP contribution in [0.4, 0.5) is 0 Å². The summed E-state index contributed by atoms with van der Waals surface area (Å²) in [6.45, 7) is 5.81. The van der Waals surface area contributed by atoms with Gasteiger partial charge in [-0.1, -0.05) is 20.3 Å². The lowest BCUT2D eigenvalue weighted by Gasteiger charge is -2.60. The summed E-state index contributed by atoms with van der Waals surface area (Å²) >= 11 is 0. The number of hydrogen-bond donors (Lipinski definition) is 0. The standard InChI is InChI=1S/C21H32O2/c1-13-7-9-20(2)14(11-13)3-5-16-17(20)8-10-21-15(4-6-18(16)21)12-23-19(21)22/h13-18H,3-12H2,1-2H3/t13-,14+,15-,16-,17+,18+,20+,21+/m1/s1. The van der Waals surface area contributed by atoms with Crippen molar-refractivity contribution in [3.05, 3.63) is 0 Å². The van der Waals surface area contributed by atoms with Crippen LogP contribution in [0.3, 0.4) is 0 Å². The number of fused-ring (bicyclic) bond motifs is 4. The molecule has 0 aromatic carbocycles. The normalized spacial score (nSPS) is 57.9. The summed E-state index contributed by atoms with van der Waals surface area (Å²) in [5.41, 5.74) is 0.518. The summed E-state index contributed by atoms with van der Waals surface area (Å²) < 4.78 is 5.57. The van der Waals surface area contributed by atoms with Gasteiger partial charge in [-0.3, -0.25) is 4.79 Å². The number of rotatable bonds is 0. The summed E-state index contributed by atoms with van der Waals surface area (Å²) in [7, 11) is 0. The van der Waals surface area contributed by atoms with E-state index in [1.54, 1.807) is 0 Å². The maximum Gasteiger partial charge on any atom is 0.312 e. The quantitative estimate of drug-likeness (QED) is 0.599. The van der Waals surface area contributed by atoms with Crippen LogP contribution >= 0.6 is 0 Å². The maximum atomic E-state index is 12.7. The molecule has 0 aromatic rings. The van der Waals surface area contributed by atoms with Gasteiger partial charge in [0.15, 0.2) is 0 Å². The molecule has 1 aliphatic heterocycles. The van der Waals surface area contributed by atoms with E-state index in [4.69, 9.17) is 4.74 Å². The van der Waals surface area contributed by atoms with E-state index in [9.17, 15) is 4.79 Å². The first kappa shape index (κ1) is 14.8. The zero-order chi connectivity index (χ0) is 15.8. The van der Waals surface area contributed by atoms with E-state index in [1.807, 2.05) is 0 Å². The molecule has 4 saturated carbocycles. The largest absolute Gasteiger partial charge is 0.465 e. The molecule has 1 spiro atoms. The molecule has 4 aliphatic carbocycles. The molecule has 0 amide bonds. The van der Waals surface area contributed by atoms with Gasteiger partial charge in [-0.2, -0.15) is 0 Å². The monoisotopic (exact) mass is 316 g/mol. The van der Waals surface area contributed by atoms with Gasteiger partial charge in [-0.05, 0) is 86.4 Å². The zero-order valence-electron chi connectivity index (χ0n) is 14.9. The average molecular weight is 316 g/mol. The SMILES string of the molecule is C[C@@H]1CC[C@@]2(C)[C@@H](CC[C@@H]3[C@@H]2CC[C@]24C(=O)OC[C@H]2CC[C@@H]34)C1. The van der Waals surface area contributed by atoms with Crippen molar-refractivity contribution in [2.75, 3.05) is 6.61 Å². The van der Waals surface area contributed by atoms with Gasteiger partial charge in [0.2, 0.25) is 0 Å². The van der Waals surface area contributed by atoms with Gasteiger partial charge in [0.25, 0.3) is 0 Å². The molecule has 1 heterocycles. The molecular weight excluding hydrogens is 284 g/mol. The summed E-state index contributed by atoms with van der Waals surface area (Å²) in [4.78, 5) is 12.7. The van der Waals surface area contributed by atoms with Crippen molar-refractivity contribution in [3.8, 4) is 0 Å². The second-order valence-electron chi connectivity index (χ2n) is 9.99. The molecule has 0 radical (unpaired) electrons. The van der Waals surface area contributed by atoms with Gasteiger partial charge in [-0.25, -0.2) is 0 Å². The summed E-state index contributed by atoms with van der Waals surface area (Å²) in [6, 6.07) is 0. The third kappa shape index (κ3) is 1.74. The Morgan fingerprint density at radius 3 is 2.65 bits per heavy atom. The Bertz CT molecular complexity index is 528. The van der Waals surface area contributed by atoms with E-state index >= 15 is 0 Å². The van der Waals surface area contributed by atoms with Crippen LogP contribution in [0.2, 0.25) is 0 Å². The fourth-order valence-corrected chi connectivity index (χ4v) is 8.22. The second kappa shape index (κ2) is 4.76. The van der Waals surface area contributed by atoms with Crippen LogP contribution < -0.4 is 0 Å². The molecule has 0 N–H and O–H groups in total. The Morgan fingerprint density at radius 1 is 0.957 bits per heavy atom. The van der Waals surface area contributed by atoms with Crippen LogP contribution in [0.25, 0.3) is 0 Å². The van der Waals surface area contributed by atoms with Gasteiger partial charge in [0, 0.05) is 5.92 Å². The van der Waals surface area contributed by atoms with Crippen LogP contribution in [0, 0.1) is 46.3 Å². The fourth-order valence-electron chi connectivity index (χ4n) is 8.22. The minimum Gasteiger partial charge on any atom is -0.465 e. The highest BCUT2D eigenvalue weighted by atomic mass is 16.5. The number of ether oxygens (including phenoxy) is 1. The number of carbonyl (C=O) groups excluding carboxylic acids is 1. The van der Waals surface area contributed by atoms with Crippen LogP contribution in [-0.4, -0.2) is 12.6 Å². The van der Waals surface area contributed by atoms with Gasteiger partial charge in [0.05, 0.1) is 12.0 Å². The Morgan fingerprint density at radius 2 is 1.78 bits per heavy atom. The number of carbonyl (C=O) groups is 1. The second-order valence-corrected chi connectivity index (χ2v) is 9.99. The summed E-state index contributed by atoms with van der Waals surface area (Å²) in [5, 5.41) is 0. The minimum absolute atomic E-state index is 0.0493. The molecule has 1 saturated heterocycles. The first-order valence-corrected chi connectivity index (χ1v) is 10.2. The smallest absolute Gasteiger partial charge is 0.312 e. The van der Waals surface area contributed by atoms with Crippen molar-refractivity contribution < 1.29 is 9.53 Å². The molecule has 0 aromatic heterocycles. The predicted molar refractivity (Wildman–Crippen MR) is 89.7 cm³/mol. The van der Waals surface area contributed by atoms with Gasteiger partial charge >= 0.3 is 5.97 Å². The highest BCUT2D eigenvalue weighted by Gasteiger charge is 2.67. The van der Waals surface area contributed by atoms with Crippen molar-refractivity contribution in [1.82, 2.24) is 0 Å². The van der Waals surface area contributed by atoms with Gasteiger partial charge in [0.1, 0.15) is 0 Å². The van der Waals surface area contributed by atoms with E-state index in [0.717, 1.165) is 36.7 Å². The Kier molecular flexibility index (Phi) is 3.06. The van der Waals surface area contributed by atoms with E-state index in [1.165, 1.54) is 51.4 Å². The number of esters is 1. The highest BCUT2D eigenvalue weighted by Crippen LogP contribution is 2.69. The molecule has 8 atom stereocenters. The Labute approximate surface area is 140 Å². The van der Waals surface area contributed by atoms with Crippen molar-refractivity contribution in [2.24, 2.45) is 46.3 Å². The first-order valence-electron chi connectivity index (χ1n) is 10.2. The molecular formula is C21H32O2. The highest BCUT2D eigenvalue weighted by molar-refractivity contribution is 5.80. The molecule has 2 nitrogen and oxygen atoms in total. The lowest BCUT2D eigenvalue weighted by molar-refractivity contribution is -0.161. The van der Waals surface area contributed by atoms with E-state index in [0.29, 0.717) is 17.3 Å². The van der Waals surface area contributed by atoms with Crippen molar-refractivity contribution >= 4 is 5.97 Å². The van der Waals surface area contributed by atoms with E-state index in [-0.39, 0.29) is 11.4 Å². The lowest BCUT2D eigenvalue weighted by atomic mass is 9.44. The summed E-state index contributed by atoms with van der Waals surface area (Å²) in [5.74, 6) is 4.98. The van der Waals surface area contributed by atoms with Crippen molar-refractivity contribution in [1.29, 1.82) is 0 Å². The zero-order valence-corrected chi connectivity index (χ0v) is 14.9. The minimum atomic E-state index is -0.0493. The van der Waals surface area contributed by atoms with Crippen LogP contribution in [-0.2, 0) is 9.53 Å². The number of cyclic esters (lactones) is 1. The van der Waals surface area contributed by atoms with Crippen molar-refractivity contribution in [3.63, 3.8) is 0 Å². The molecule has 23 heavy (non-hydrogen) atoms. The third-order valence-corrected chi connectivity index (χ3v) is 9.41. The molecule has 5 aliphatic rings.